The second kappa shape index (κ2) is 8.79. The highest BCUT2D eigenvalue weighted by Gasteiger charge is 2.08. The minimum atomic E-state index is -0.241. The van der Waals surface area contributed by atoms with Crippen molar-refractivity contribution < 1.29 is 9.53 Å². The van der Waals surface area contributed by atoms with Crippen LogP contribution in [0, 0.1) is 0 Å². The lowest BCUT2D eigenvalue weighted by Gasteiger charge is -2.08. The van der Waals surface area contributed by atoms with Gasteiger partial charge in [0.15, 0.2) is 5.96 Å². The van der Waals surface area contributed by atoms with Gasteiger partial charge in [-0.2, -0.15) is 0 Å². The highest BCUT2D eigenvalue weighted by Crippen LogP contribution is 2.16. The predicted octanol–water partition coefficient (Wildman–Crippen LogP) is 2.51. The van der Waals surface area contributed by atoms with Crippen molar-refractivity contribution in [2.75, 3.05) is 25.5 Å². The van der Waals surface area contributed by atoms with E-state index in [0.717, 1.165) is 11.4 Å². The maximum Gasteiger partial charge on any atom is 0.252 e. The van der Waals surface area contributed by atoms with Crippen molar-refractivity contribution >= 4 is 29.2 Å². The zero-order valence-electron chi connectivity index (χ0n) is 13.3. The average Bonchev–Trinajstić information content (AvgIpc) is 2.59. The van der Waals surface area contributed by atoms with Crippen LogP contribution in [0.2, 0.25) is 5.02 Å². The molecule has 0 aliphatic rings. The SMILES string of the molecule is COc1cccc(NC(N)=NCCNC(=O)c2ccccc2Cl)c1. The summed E-state index contributed by atoms with van der Waals surface area (Å²) in [7, 11) is 1.60. The molecule has 0 aromatic heterocycles. The van der Waals surface area contributed by atoms with Crippen molar-refractivity contribution in [1.82, 2.24) is 5.32 Å². The minimum absolute atomic E-state index is 0.241. The minimum Gasteiger partial charge on any atom is -0.497 e. The Morgan fingerprint density at radius 2 is 2.04 bits per heavy atom. The Morgan fingerprint density at radius 1 is 1.25 bits per heavy atom. The van der Waals surface area contributed by atoms with E-state index in [-0.39, 0.29) is 11.9 Å². The summed E-state index contributed by atoms with van der Waals surface area (Å²) in [5.41, 5.74) is 7.02. The molecule has 24 heavy (non-hydrogen) atoms. The Hall–Kier alpha value is -2.73. The van der Waals surface area contributed by atoms with Crippen LogP contribution in [-0.2, 0) is 0 Å². The van der Waals surface area contributed by atoms with E-state index in [9.17, 15) is 4.79 Å². The van der Waals surface area contributed by atoms with Crippen molar-refractivity contribution in [2.45, 2.75) is 0 Å². The second-order valence-corrected chi connectivity index (χ2v) is 5.27. The quantitative estimate of drug-likeness (QED) is 0.426. The number of carbonyl (C=O) groups excluding carboxylic acids is 1. The first-order valence-corrected chi connectivity index (χ1v) is 7.71. The van der Waals surface area contributed by atoms with E-state index in [2.05, 4.69) is 15.6 Å². The van der Waals surface area contributed by atoms with E-state index in [1.165, 1.54) is 0 Å². The van der Waals surface area contributed by atoms with Gasteiger partial charge in [-0.3, -0.25) is 9.79 Å². The molecule has 2 aromatic rings. The van der Waals surface area contributed by atoms with Gasteiger partial charge < -0.3 is 21.1 Å². The summed E-state index contributed by atoms with van der Waals surface area (Å²) in [4.78, 5) is 16.1. The van der Waals surface area contributed by atoms with Crippen LogP contribution in [0.5, 0.6) is 5.75 Å². The third-order valence-corrected chi connectivity index (χ3v) is 3.47. The lowest BCUT2D eigenvalue weighted by atomic mass is 10.2. The first kappa shape index (κ1) is 17.6. The van der Waals surface area contributed by atoms with Gasteiger partial charge in [0.1, 0.15) is 5.75 Å². The second-order valence-electron chi connectivity index (χ2n) is 4.86. The zero-order chi connectivity index (χ0) is 17.4. The molecule has 0 fully saturated rings. The number of halogens is 1. The highest BCUT2D eigenvalue weighted by molar-refractivity contribution is 6.33. The van der Waals surface area contributed by atoms with E-state index in [1.807, 2.05) is 24.3 Å². The molecule has 0 aliphatic carbocycles. The number of nitrogens with two attached hydrogens (primary N) is 1. The van der Waals surface area contributed by atoms with Crippen molar-refractivity contribution in [2.24, 2.45) is 10.7 Å². The summed E-state index contributed by atoms with van der Waals surface area (Å²) in [6.45, 7) is 0.698. The topological polar surface area (TPSA) is 88.7 Å². The number of ether oxygens (including phenoxy) is 1. The van der Waals surface area contributed by atoms with E-state index in [4.69, 9.17) is 22.1 Å². The monoisotopic (exact) mass is 346 g/mol. The zero-order valence-corrected chi connectivity index (χ0v) is 14.0. The summed E-state index contributed by atoms with van der Waals surface area (Å²) >= 11 is 5.97. The van der Waals surface area contributed by atoms with Gasteiger partial charge in [-0.15, -0.1) is 0 Å². The van der Waals surface area contributed by atoms with E-state index >= 15 is 0 Å². The summed E-state index contributed by atoms with van der Waals surface area (Å²) in [6.07, 6.45) is 0. The molecular weight excluding hydrogens is 328 g/mol. The van der Waals surface area contributed by atoms with Gasteiger partial charge >= 0.3 is 0 Å². The number of hydrogen-bond acceptors (Lipinski definition) is 3. The van der Waals surface area contributed by atoms with Crippen molar-refractivity contribution in [3.8, 4) is 5.75 Å². The number of nitrogens with zero attached hydrogens (tertiary/aromatic N) is 1. The molecule has 4 N–H and O–H groups in total. The normalized spacial score (nSPS) is 11.0. The Bertz CT molecular complexity index is 734. The number of aliphatic imine (C=N–C) groups is 1. The van der Waals surface area contributed by atoms with Gasteiger partial charge in [0.25, 0.3) is 5.91 Å². The third-order valence-electron chi connectivity index (χ3n) is 3.14. The lowest BCUT2D eigenvalue weighted by Crippen LogP contribution is -2.28. The number of amides is 1. The smallest absolute Gasteiger partial charge is 0.252 e. The molecule has 0 atom stereocenters. The first-order chi connectivity index (χ1) is 11.6. The van der Waals surface area contributed by atoms with E-state index < -0.39 is 0 Å². The van der Waals surface area contributed by atoms with Gasteiger partial charge in [-0.25, -0.2) is 0 Å². The van der Waals surface area contributed by atoms with Crippen LogP contribution in [0.3, 0.4) is 0 Å². The van der Waals surface area contributed by atoms with E-state index in [1.54, 1.807) is 31.4 Å². The number of guanidine groups is 1. The van der Waals surface area contributed by atoms with Gasteiger partial charge in [-0.05, 0) is 24.3 Å². The molecule has 0 bridgehead atoms. The predicted molar refractivity (Wildman–Crippen MR) is 96.9 cm³/mol. The summed E-state index contributed by atoms with van der Waals surface area (Å²) < 4.78 is 5.13. The van der Waals surface area contributed by atoms with Crippen LogP contribution in [0.15, 0.2) is 53.5 Å². The third kappa shape index (κ3) is 5.17. The Labute approximate surface area is 145 Å². The Balaban J connectivity index is 1.81. The maximum atomic E-state index is 12.0. The van der Waals surface area contributed by atoms with Crippen molar-refractivity contribution in [3.63, 3.8) is 0 Å². The van der Waals surface area contributed by atoms with Gasteiger partial charge in [0.2, 0.25) is 0 Å². The Morgan fingerprint density at radius 3 is 2.79 bits per heavy atom. The molecule has 6 nitrogen and oxygen atoms in total. The number of hydrogen-bond donors (Lipinski definition) is 3. The number of carbonyl (C=O) groups is 1. The van der Waals surface area contributed by atoms with Crippen LogP contribution in [0.25, 0.3) is 0 Å². The van der Waals surface area contributed by atoms with Gasteiger partial charge in [-0.1, -0.05) is 29.8 Å². The number of rotatable bonds is 6. The highest BCUT2D eigenvalue weighted by atomic mass is 35.5. The maximum absolute atomic E-state index is 12.0. The number of benzene rings is 2. The largest absolute Gasteiger partial charge is 0.497 e. The summed E-state index contributed by atoms with van der Waals surface area (Å²) in [6, 6.07) is 14.2. The molecule has 2 aromatic carbocycles. The molecule has 0 heterocycles. The molecule has 0 saturated carbocycles. The van der Waals surface area contributed by atoms with Crippen LogP contribution in [0.4, 0.5) is 5.69 Å². The molecule has 126 valence electrons. The van der Waals surface area contributed by atoms with Crippen molar-refractivity contribution in [1.29, 1.82) is 0 Å². The molecular formula is C17H19ClN4O2. The van der Waals surface area contributed by atoms with Crippen LogP contribution >= 0.6 is 11.6 Å². The van der Waals surface area contributed by atoms with Crippen molar-refractivity contribution in [3.05, 3.63) is 59.1 Å². The fourth-order valence-corrected chi connectivity index (χ4v) is 2.20. The molecule has 0 spiro atoms. The fraction of sp³-hybridized carbons (Fsp3) is 0.176. The van der Waals surface area contributed by atoms with Crippen LogP contribution in [-0.4, -0.2) is 32.1 Å². The summed E-state index contributed by atoms with van der Waals surface area (Å²) in [5.74, 6) is 0.741. The molecule has 1 amide bonds. The molecule has 2 rings (SSSR count). The van der Waals surface area contributed by atoms with Gasteiger partial charge in [0, 0.05) is 18.3 Å². The van der Waals surface area contributed by atoms with Gasteiger partial charge in [0.05, 0.1) is 24.2 Å². The number of nitrogens with one attached hydrogen (secondary N) is 2. The first-order valence-electron chi connectivity index (χ1n) is 7.34. The van der Waals surface area contributed by atoms with E-state index in [0.29, 0.717) is 23.7 Å². The molecule has 0 aliphatic heterocycles. The molecule has 7 heteroatoms. The Kier molecular flexibility index (Phi) is 6.45. The summed E-state index contributed by atoms with van der Waals surface area (Å²) in [5, 5.41) is 6.12. The lowest BCUT2D eigenvalue weighted by molar-refractivity contribution is 0.0955. The standard InChI is InChI=1S/C17H19ClN4O2/c1-24-13-6-4-5-12(11-13)22-17(19)21-10-9-20-16(23)14-7-2-3-8-15(14)18/h2-8,11H,9-10H2,1H3,(H,20,23)(H3,19,21,22). The number of anilines is 1. The molecule has 0 saturated heterocycles. The van der Waals surface area contributed by atoms with Crippen LogP contribution < -0.4 is 21.1 Å². The molecule has 0 unspecified atom stereocenters. The van der Waals surface area contributed by atoms with Crippen LogP contribution in [0.1, 0.15) is 10.4 Å². The number of methoxy groups -OCH3 is 1. The fourth-order valence-electron chi connectivity index (χ4n) is 1.97. The molecule has 0 radical (unpaired) electrons. The average molecular weight is 347 g/mol.